The van der Waals surface area contributed by atoms with Crippen molar-refractivity contribution in [3.8, 4) is 0 Å². The van der Waals surface area contributed by atoms with Gasteiger partial charge in [-0.3, -0.25) is 4.90 Å². The number of aromatic nitrogens is 2. The number of hydrogen-bond acceptors (Lipinski definition) is 5. The van der Waals surface area contributed by atoms with E-state index in [0.717, 1.165) is 31.0 Å². The van der Waals surface area contributed by atoms with Gasteiger partial charge < -0.3 is 8.94 Å². The van der Waals surface area contributed by atoms with Crippen LogP contribution in [-0.4, -0.2) is 15.0 Å². The van der Waals surface area contributed by atoms with Gasteiger partial charge in [-0.1, -0.05) is 42.4 Å². The summed E-state index contributed by atoms with van der Waals surface area (Å²) in [4.78, 5) is 6.69. The van der Waals surface area contributed by atoms with E-state index < -0.39 is 0 Å². The Morgan fingerprint density at radius 3 is 2.61 bits per heavy atom. The largest absolute Gasteiger partial charge is 0.468 e. The molecule has 0 unspecified atom stereocenters. The van der Waals surface area contributed by atoms with Gasteiger partial charge >= 0.3 is 0 Å². The molecular weight excluding hydrogens is 290 g/mol. The first-order valence-electron chi connectivity index (χ1n) is 7.93. The van der Waals surface area contributed by atoms with Gasteiger partial charge in [-0.05, 0) is 24.1 Å². The number of furan rings is 1. The Kier molecular flexibility index (Phi) is 5.21. The maximum absolute atomic E-state index is 5.47. The molecule has 5 nitrogen and oxygen atoms in total. The molecule has 1 aromatic carbocycles. The fraction of sp³-hybridized carbons (Fsp3) is 0.333. The van der Waals surface area contributed by atoms with Gasteiger partial charge in [0.2, 0.25) is 5.89 Å². The fourth-order valence-electron chi connectivity index (χ4n) is 2.50. The van der Waals surface area contributed by atoms with Gasteiger partial charge in [-0.25, -0.2) is 0 Å². The van der Waals surface area contributed by atoms with E-state index >= 15 is 0 Å². The third kappa shape index (κ3) is 4.53. The molecule has 0 radical (unpaired) electrons. The Balaban J connectivity index is 1.71. The highest BCUT2D eigenvalue weighted by Crippen LogP contribution is 2.14. The molecule has 120 valence electrons. The molecule has 0 atom stereocenters. The number of aryl methyl sites for hydroxylation is 1. The monoisotopic (exact) mass is 311 g/mol. The van der Waals surface area contributed by atoms with E-state index in [9.17, 15) is 0 Å². The zero-order chi connectivity index (χ0) is 15.9. The minimum Gasteiger partial charge on any atom is -0.468 e. The molecule has 0 aliphatic heterocycles. The van der Waals surface area contributed by atoms with Crippen molar-refractivity contribution >= 4 is 0 Å². The SMILES string of the molecule is CCCc1noc(CN(Cc2ccccc2)Cc2ccco2)n1. The zero-order valence-corrected chi connectivity index (χ0v) is 13.3. The molecule has 0 aliphatic rings. The first kappa shape index (κ1) is 15.5. The maximum atomic E-state index is 5.47. The van der Waals surface area contributed by atoms with E-state index in [4.69, 9.17) is 8.94 Å². The van der Waals surface area contributed by atoms with Gasteiger partial charge in [0.15, 0.2) is 5.82 Å². The van der Waals surface area contributed by atoms with Crippen LogP contribution in [0.2, 0.25) is 0 Å². The predicted molar refractivity (Wildman–Crippen MR) is 86.4 cm³/mol. The first-order chi connectivity index (χ1) is 11.3. The zero-order valence-electron chi connectivity index (χ0n) is 13.3. The van der Waals surface area contributed by atoms with E-state index in [1.165, 1.54) is 5.56 Å². The molecule has 0 saturated heterocycles. The van der Waals surface area contributed by atoms with Crippen molar-refractivity contribution in [1.29, 1.82) is 0 Å². The summed E-state index contributed by atoms with van der Waals surface area (Å²) in [5, 5.41) is 4.03. The highest BCUT2D eigenvalue weighted by molar-refractivity contribution is 5.14. The molecule has 3 rings (SSSR count). The third-order valence-electron chi connectivity index (χ3n) is 3.55. The van der Waals surface area contributed by atoms with Crippen molar-refractivity contribution in [3.63, 3.8) is 0 Å². The summed E-state index contributed by atoms with van der Waals surface area (Å²) in [7, 11) is 0. The molecule has 0 bridgehead atoms. The van der Waals surface area contributed by atoms with Crippen LogP contribution in [0.25, 0.3) is 0 Å². The molecule has 0 fully saturated rings. The van der Waals surface area contributed by atoms with Crippen LogP contribution in [0.3, 0.4) is 0 Å². The molecule has 3 aromatic rings. The normalized spacial score (nSPS) is 11.2. The number of rotatable bonds is 8. The summed E-state index contributed by atoms with van der Waals surface area (Å²) in [6, 6.07) is 14.2. The number of nitrogens with zero attached hydrogens (tertiary/aromatic N) is 3. The van der Waals surface area contributed by atoms with Crippen LogP contribution in [0.1, 0.15) is 36.4 Å². The van der Waals surface area contributed by atoms with Crippen molar-refractivity contribution < 1.29 is 8.94 Å². The Labute approximate surface area is 135 Å². The van der Waals surface area contributed by atoms with Crippen molar-refractivity contribution in [2.45, 2.75) is 39.4 Å². The van der Waals surface area contributed by atoms with Gasteiger partial charge in [0, 0.05) is 13.0 Å². The Morgan fingerprint density at radius 1 is 1.00 bits per heavy atom. The maximum Gasteiger partial charge on any atom is 0.240 e. The summed E-state index contributed by atoms with van der Waals surface area (Å²) in [6.45, 7) is 4.21. The van der Waals surface area contributed by atoms with E-state index in [1.807, 2.05) is 30.3 Å². The third-order valence-corrected chi connectivity index (χ3v) is 3.55. The Hall–Kier alpha value is -2.40. The van der Waals surface area contributed by atoms with Crippen molar-refractivity contribution in [1.82, 2.24) is 15.0 Å². The lowest BCUT2D eigenvalue weighted by atomic mass is 10.2. The van der Waals surface area contributed by atoms with Gasteiger partial charge in [0.05, 0.1) is 19.4 Å². The quantitative estimate of drug-likeness (QED) is 0.633. The van der Waals surface area contributed by atoms with Crippen molar-refractivity contribution in [3.05, 3.63) is 71.8 Å². The summed E-state index contributed by atoms with van der Waals surface area (Å²) < 4.78 is 10.8. The molecule has 0 amide bonds. The van der Waals surface area contributed by atoms with E-state index in [2.05, 4.69) is 34.1 Å². The molecule has 0 spiro atoms. The summed E-state index contributed by atoms with van der Waals surface area (Å²) >= 11 is 0. The highest BCUT2D eigenvalue weighted by Gasteiger charge is 2.14. The van der Waals surface area contributed by atoms with Gasteiger partial charge in [0.25, 0.3) is 0 Å². The Bertz CT molecular complexity index is 692. The smallest absolute Gasteiger partial charge is 0.240 e. The van der Waals surface area contributed by atoms with Crippen LogP contribution in [0.4, 0.5) is 0 Å². The van der Waals surface area contributed by atoms with Gasteiger partial charge in [-0.15, -0.1) is 0 Å². The van der Waals surface area contributed by atoms with Crippen LogP contribution in [0.15, 0.2) is 57.7 Å². The molecule has 23 heavy (non-hydrogen) atoms. The van der Waals surface area contributed by atoms with E-state index in [-0.39, 0.29) is 0 Å². The predicted octanol–water partition coefficient (Wildman–Crippen LogP) is 3.82. The van der Waals surface area contributed by atoms with Crippen molar-refractivity contribution in [2.24, 2.45) is 0 Å². The minimum absolute atomic E-state index is 0.603. The van der Waals surface area contributed by atoms with Crippen LogP contribution in [0, 0.1) is 0 Å². The first-order valence-corrected chi connectivity index (χ1v) is 7.93. The lowest BCUT2D eigenvalue weighted by Crippen LogP contribution is -2.22. The second-order valence-electron chi connectivity index (χ2n) is 5.56. The summed E-state index contributed by atoms with van der Waals surface area (Å²) in [5.74, 6) is 2.35. The Morgan fingerprint density at radius 2 is 1.87 bits per heavy atom. The van der Waals surface area contributed by atoms with Crippen LogP contribution >= 0.6 is 0 Å². The lowest BCUT2D eigenvalue weighted by molar-refractivity contribution is 0.196. The molecular formula is C18H21N3O2. The average Bonchev–Trinajstić information content (AvgIpc) is 3.21. The van der Waals surface area contributed by atoms with Crippen LogP contribution < -0.4 is 0 Å². The summed E-state index contributed by atoms with van der Waals surface area (Å²) in [5.41, 5.74) is 1.24. The number of benzene rings is 1. The highest BCUT2D eigenvalue weighted by atomic mass is 16.5. The van der Waals surface area contributed by atoms with E-state index in [0.29, 0.717) is 19.0 Å². The van der Waals surface area contributed by atoms with Crippen molar-refractivity contribution in [2.75, 3.05) is 0 Å². The molecule has 5 heteroatoms. The van der Waals surface area contributed by atoms with Gasteiger partial charge in [-0.2, -0.15) is 4.98 Å². The second-order valence-corrected chi connectivity index (χ2v) is 5.56. The lowest BCUT2D eigenvalue weighted by Gasteiger charge is -2.19. The van der Waals surface area contributed by atoms with Gasteiger partial charge in [0.1, 0.15) is 5.76 Å². The molecule has 2 heterocycles. The second kappa shape index (κ2) is 7.74. The molecule has 0 N–H and O–H groups in total. The molecule has 2 aromatic heterocycles. The summed E-state index contributed by atoms with van der Waals surface area (Å²) in [6.07, 6.45) is 3.56. The standard InChI is InChI=1S/C18H21N3O2/c1-2-7-17-19-18(23-20-17)14-21(13-16-10-6-11-22-16)12-15-8-4-3-5-9-15/h3-6,8-11H,2,7,12-14H2,1H3. The topological polar surface area (TPSA) is 55.3 Å². The average molecular weight is 311 g/mol. The van der Waals surface area contributed by atoms with Crippen LogP contribution in [0.5, 0.6) is 0 Å². The molecule has 0 saturated carbocycles. The minimum atomic E-state index is 0.603. The molecule has 0 aliphatic carbocycles. The van der Waals surface area contributed by atoms with E-state index in [1.54, 1.807) is 6.26 Å². The fourth-order valence-corrected chi connectivity index (χ4v) is 2.50. The van der Waals surface area contributed by atoms with Crippen LogP contribution in [-0.2, 0) is 26.1 Å². The number of hydrogen-bond donors (Lipinski definition) is 0.